The zero-order valence-corrected chi connectivity index (χ0v) is 13.2. The van der Waals surface area contributed by atoms with E-state index in [-0.39, 0.29) is 0 Å². The van der Waals surface area contributed by atoms with Crippen molar-refractivity contribution in [1.82, 2.24) is 4.90 Å². The Labute approximate surface area is 129 Å². The molecule has 0 atom stereocenters. The largest absolute Gasteiger partial charge is 0.330 e. The lowest BCUT2D eigenvalue weighted by Crippen LogP contribution is -2.25. The van der Waals surface area contributed by atoms with Gasteiger partial charge in [0.1, 0.15) is 0 Å². The summed E-state index contributed by atoms with van der Waals surface area (Å²) in [7, 11) is 0. The van der Waals surface area contributed by atoms with Crippen molar-refractivity contribution in [2.24, 2.45) is 5.73 Å². The summed E-state index contributed by atoms with van der Waals surface area (Å²) in [6.45, 7) is 3.66. The molecule has 0 aromatic heterocycles. The molecule has 2 rings (SSSR count). The first-order chi connectivity index (χ1) is 9.79. The Kier molecular flexibility index (Phi) is 6.25. The molecule has 0 bridgehead atoms. The van der Waals surface area contributed by atoms with E-state index in [1.54, 1.807) is 0 Å². The highest BCUT2D eigenvalue weighted by atomic mass is 79.9. The second kappa shape index (κ2) is 8.20. The summed E-state index contributed by atoms with van der Waals surface area (Å²) >= 11 is 3.63. The van der Waals surface area contributed by atoms with Crippen LogP contribution >= 0.6 is 15.9 Å². The summed E-state index contributed by atoms with van der Waals surface area (Å²) in [5.74, 6) is 0. The van der Waals surface area contributed by atoms with E-state index in [1.165, 1.54) is 15.6 Å². The lowest BCUT2D eigenvalue weighted by atomic mass is 10.1. The third-order valence-corrected chi connectivity index (χ3v) is 4.05. The minimum absolute atomic E-state index is 0.737. The van der Waals surface area contributed by atoms with Crippen LogP contribution in [0.1, 0.15) is 17.5 Å². The summed E-state index contributed by atoms with van der Waals surface area (Å²) in [4.78, 5) is 2.45. The van der Waals surface area contributed by atoms with Crippen LogP contribution in [0.5, 0.6) is 0 Å². The highest BCUT2D eigenvalue weighted by Gasteiger charge is 2.08. The zero-order valence-electron chi connectivity index (χ0n) is 11.6. The summed E-state index contributed by atoms with van der Waals surface area (Å²) in [5.41, 5.74) is 8.32. The molecule has 0 aliphatic rings. The highest BCUT2D eigenvalue weighted by Crippen LogP contribution is 2.19. The van der Waals surface area contributed by atoms with Crippen molar-refractivity contribution in [3.05, 3.63) is 70.2 Å². The van der Waals surface area contributed by atoms with E-state index in [2.05, 4.69) is 75.4 Å². The molecule has 0 unspecified atom stereocenters. The van der Waals surface area contributed by atoms with E-state index < -0.39 is 0 Å². The van der Waals surface area contributed by atoms with Gasteiger partial charge in [-0.3, -0.25) is 4.90 Å². The van der Waals surface area contributed by atoms with Gasteiger partial charge in [-0.25, -0.2) is 0 Å². The van der Waals surface area contributed by atoms with Crippen molar-refractivity contribution in [2.75, 3.05) is 13.1 Å². The maximum absolute atomic E-state index is 5.66. The fraction of sp³-hybridized carbons (Fsp3) is 0.294. The number of benzene rings is 2. The molecule has 20 heavy (non-hydrogen) atoms. The standard InChI is InChI=1S/C17H21BrN2/c18-17-10-5-4-9-16(17)14-20(12-6-11-19)13-15-7-2-1-3-8-15/h1-5,7-10H,6,11-14,19H2. The minimum Gasteiger partial charge on any atom is -0.330 e. The zero-order chi connectivity index (χ0) is 14.2. The lowest BCUT2D eigenvalue weighted by molar-refractivity contribution is 0.254. The molecular formula is C17H21BrN2. The Morgan fingerprint density at radius 3 is 2.30 bits per heavy atom. The first-order valence-corrected chi connectivity index (χ1v) is 7.78. The van der Waals surface area contributed by atoms with E-state index in [0.29, 0.717) is 0 Å². The van der Waals surface area contributed by atoms with Gasteiger partial charge in [-0.15, -0.1) is 0 Å². The predicted molar refractivity (Wildman–Crippen MR) is 88.4 cm³/mol. The fourth-order valence-electron chi connectivity index (χ4n) is 2.24. The Hall–Kier alpha value is -1.16. The van der Waals surface area contributed by atoms with Crippen molar-refractivity contribution in [3.8, 4) is 0 Å². The highest BCUT2D eigenvalue weighted by molar-refractivity contribution is 9.10. The van der Waals surface area contributed by atoms with Crippen LogP contribution < -0.4 is 5.73 Å². The van der Waals surface area contributed by atoms with Crippen molar-refractivity contribution >= 4 is 15.9 Å². The number of hydrogen-bond acceptors (Lipinski definition) is 2. The molecule has 0 aliphatic carbocycles. The van der Waals surface area contributed by atoms with Gasteiger partial charge in [0.05, 0.1) is 0 Å². The Morgan fingerprint density at radius 2 is 1.60 bits per heavy atom. The Bertz CT molecular complexity index is 513. The van der Waals surface area contributed by atoms with Gasteiger partial charge in [0.2, 0.25) is 0 Å². The van der Waals surface area contributed by atoms with E-state index in [9.17, 15) is 0 Å². The third-order valence-electron chi connectivity index (χ3n) is 3.28. The average Bonchev–Trinajstić information content (AvgIpc) is 2.48. The molecule has 0 saturated heterocycles. The average molecular weight is 333 g/mol. The Balaban J connectivity index is 2.05. The summed E-state index contributed by atoms with van der Waals surface area (Å²) in [6, 6.07) is 19.0. The second-order valence-electron chi connectivity index (χ2n) is 4.93. The molecule has 106 valence electrons. The first kappa shape index (κ1) is 15.2. The molecule has 2 aromatic rings. The normalized spacial score (nSPS) is 10.9. The topological polar surface area (TPSA) is 29.3 Å². The molecule has 0 spiro atoms. The molecule has 2 N–H and O–H groups in total. The van der Waals surface area contributed by atoms with Crippen LogP contribution in [0, 0.1) is 0 Å². The molecule has 0 saturated carbocycles. The van der Waals surface area contributed by atoms with E-state index >= 15 is 0 Å². The number of rotatable bonds is 7. The SMILES string of the molecule is NCCCN(Cc1ccccc1)Cc1ccccc1Br. The number of nitrogens with zero attached hydrogens (tertiary/aromatic N) is 1. The summed E-state index contributed by atoms with van der Waals surface area (Å²) < 4.78 is 1.17. The molecule has 0 radical (unpaired) electrons. The van der Waals surface area contributed by atoms with Gasteiger partial charge >= 0.3 is 0 Å². The molecule has 0 heterocycles. The summed E-state index contributed by atoms with van der Waals surface area (Å²) in [6.07, 6.45) is 1.03. The fourth-order valence-corrected chi connectivity index (χ4v) is 2.65. The van der Waals surface area contributed by atoms with Gasteiger partial charge in [0.25, 0.3) is 0 Å². The first-order valence-electron chi connectivity index (χ1n) is 6.99. The molecule has 0 fully saturated rings. The van der Waals surface area contributed by atoms with Crippen LogP contribution in [-0.2, 0) is 13.1 Å². The van der Waals surface area contributed by atoms with Crippen LogP contribution in [0.15, 0.2) is 59.1 Å². The summed E-state index contributed by atoms with van der Waals surface area (Å²) in [5, 5.41) is 0. The monoisotopic (exact) mass is 332 g/mol. The lowest BCUT2D eigenvalue weighted by Gasteiger charge is -2.23. The number of hydrogen-bond donors (Lipinski definition) is 1. The molecule has 2 aromatic carbocycles. The van der Waals surface area contributed by atoms with Crippen LogP contribution in [0.4, 0.5) is 0 Å². The van der Waals surface area contributed by atoms with E-state index in [0.717, 1.165) is 32.6 Å². The van der Waals surface area contributed by atoms with Gasteiger partial charge in [0.15, 0.2) is 0 Å². The van der Waals surface area contributed by atoms with Crippen molar-refractivity contribution in [1.29, 1.82) is 0 Å². The molecule has 0 amide bonds. The van der Waals surface area contributed by atoms with Crippen LogP contribution in [0.2, 0.25) is 0 Å². The molecule has 3 heteroatoms. The molecule has 2 nitrogen and oxygen atoms in total. The van der Waals surface area contributed by atoms with Crippen LogP contribution in [0.3, 0.4) is 0 Å². The van der Waals surface area contributed by atoms with E-state index in [4.69, 9.17) is 5.73 Å². The minimum atomic E-state index is 0.737. The number of halogens is 1. The number of nitrogens with two attached hydrogens (primary N) is 1. The van der Waals surface area contributed by atoms with Gasteiger partial charge in [0, 0.05) is 24.1 Å². The van der Waals surface area contributed by atoms with Crippen molar-refractivity contribution in [2.45, 2.75) is 19.5 Å². The van der Waals surface area contributed by atoms with Crippen molar-refractivity contribution < 1.29 is 0 Å². The quantitative estimate of drug-likeness (QED) is 0.835. The Morgan fingerprint density at radius 1 is 0.900 bits per heavy atom. The van der Waals surface area contributed by atoms with E-state index in [1.807, 2.05) is 0 Å². The molecular weight excluding hydrogens is 312 g/mol. The van der Waals surface area contributed by atoms with Gasteiger partial charge < -0.3 is 5.73 Å². The van der Waals surface area contributed by atoms with Gasteiger partial charge in [-0.1, -0.05) is 64.5 Å². The second-order valence-corrected chi connectivity index (χ2v) is 5.78. The van der Waals surface area contributed by atoms with Crippen LogP contribution in [0.25, 0.3) is 0 Å². The maximum Gasteiger partial charge on any atom is 0.0248 e. The van der Waals surface area contributed by atoms with Gasteiger partial charge in [-0.05, 0) is 30.2 Å². The van der Waals surface area contributed by atoms with Crippen LogP contribution in [-0.4, -0.2) is 18.0 Å². The maximum atomic E-state index is 5.66. The van der Waals surface area contributed by atoms with Crippen molar-refractivity contribution in [3.63, 3.8) is 0 Å². The predicted octanol–water partition coefficient (Wildman–Crippen LogP) is 3.80. The smallest absolute Gasteiger partial charge is 0.0248 e. The van der Waals surface area contributed by atoms with Gasteiger partial charge in [-0.2, -0.15) is 0 Å². The third kappa shape index (κ3) is 4.75. The molecule has 0 aliphatic heterocycles.